The Bertz CT molecular complexity index is 2520. The molecule has 2 aliphatic heterocycles. The lowest BCUT2D eigenvalue weighted by atomic mass is 10.0. The number of carbonyl (C=O) groups is 12. The summed E-state index contributed by atoms with van der Waals surface area (Å²) in [6.45, 7) is 0.641. The maximum Gasteiger partial charge on any atom is 0.300 e. The molecule has 0 spiro atoms. The Kier molecular flexibility index (Phi) is 27.3. The number of amides is 11. The number of carbonyl (C=O) groups excluding carboxylic acids is 11. The molecule has 0 aliphatic carbocycles. The van der Waals surface area contributed by atoms with Gasteiger partial charge >= 0.3 is 0 Å². The molecule has 2 aliphatic rings. The molecule has 21 N–H and O–H groups in total. The Hall–Kier alpha value is -8.19. The van der Waals surface area contributed by atoms with E-state index in [4.69, 9.17) is 44.3 Å². The number of phenols is 1. The fraction of sp³-hybridized carbons (Fsp3) is 0.479. The van der Waals surface area contributed by atoms with Gasteiger partial charge in [-0.15, -0.1) is 0 Å². The van der Waals surface area contributed by atoms with Crippen molar-refractivity contribution < 1.29 is 67.7 Å². The highest BCUT2D eigenvalue weighted by molar-refractivity contribution is 8.76. The Morgan fingerprint density at radius 3 is 1.85 bits per heavy atom. The molecule has 79 heavy (non-hydrogen) atoms. The SMILES string of the molecule is CC(=O)O.NC(=O)CC[C@@H]1NC(=O)[C@H](Cc2ccccc2)NC(=O)[C@H](Cc2ccc(O)cc2)NC(=O)[C@@H](N)CSSC[C@H](C(=O)N2CCC[C@H]2C(=O)N[C@@H](CCCN=C(N)N)C(=O)NCC(N)=O)NC(=O)[C@H](CC(N)=O)NC1=O. The van der Waals surface area contributed by atoms with Crippen LogP contribution < -0.4 is 71.6 Å². The number of likely N-dealkylation sites (tertiary alicyclic amines) is 1. The van der Waals surface area contributed by atoms with E-state index in [-0.39, 0.29) is 68.4 Å². The third-order valence-corrected chi connectivity index (χ3v) is 14.1. The van der Waals surface area contributed by atoms with Crippen LogP contribution in [0.3, 0.4) is 0 Å². The molecule has 2 aromatic rings. The highest BCUT2D eigenvalue weighted by atomic mass is 33.1. The predicted octanol–water partition coefficient (Wildman–Crippen LogP) is -5.31. The van der Waals surface area contributed by atoms with Gasteiger partial charge in [-0.25, -0.2) is 0 Å². The summed E-state index contributed by atoms with van der Waals surface area (Å²) in [6, 6.07) is 2.80. The summed E-state index contributed by atoms with van der Waals surface area (Å²) in [5, 5.41) is 35.1. The minimum absolute atomic E-state index is 0.00106. The number of guanidine groups is 1. The molecule has 31 heteroatoms. The molecule has 2 fully saturated rings. The van der Waals surface area contributed by atoms with Crippen molar-refractivity contribution in [2.45, 2.75) is 113 Å². The minimum atomic E-state index is -1.80. The second-order valence-corrected chi connectivity index (χ2v) is 20.7. The molecular formula is C48H69N15O14S2. The summed E-state index contributed by atoms with van der Waals surface area (Å²) < 4.78 is 0. The van der Waals surface area contributed by atoms with Gasteiger partial charge in [0.2, 0.25) is 65.0 Å². The number of hydrogen-bond acceptors (Lipinski definition) is 17. The number of phenolic OH excluding ortho intramolecular Hbond substituents is 1. The monoisotopic (exact) mass is 1140 g/mol. The molecule has 11 amide bonds. The third kappa shape index (κ3) is 23.9. The quantitative estimate of drug-likeness (QED) is 0.0270. The van der Waals surface area contributed by atoms with Crippen molar-refractivity contribution in [1.82, 2.24) is 42.1 Å². The molecule has 0 saturated carbocycles. The number of nitrogens with zero attached hydrogens (tertiary/aromatic N) is 2. The van der Waals surface area contributed by atoms with Crippen molar-refractivity contribution in [3.8, 4) is 5.75 Å². The molecule has 29 nitrogen and oxygen atoms in total. The first-order valence-electron chi connectivity index (χ1n) is 24.7. The average Bonchev–Trinajstić information content (AvgIpc) is 3.92. The summed E-state index contributed by atoms with van der Waals surface area (Å²) in [4.78, 5) is 162. The first-order chi connectivity index (χ1) is 37.3. The van der Waals surface area contributed by atoms with Crippen molar-refractivity contribution in [3.63, 3.8) is 0 Å². The standard InChI is InChI=1S/C46H65N15O12S2.C2H4O2/c47-27-22-74-75-23-33(45(73)61-17-5-9-34(61)44(72)56-28(8-4-16-53-46(51)52)39(67)54-21-37(50)65)60-43(71)32(20-36(49)64)59-40(68)29(14-15-35(48)63)55-41(69)31(18-24-6-2-1-3-7-24)58-42(70)30(57-38(27)66)19-25-10-12-26(62)13-11-25;1-2(3)4/h1-3,6-7,10-13,27-34,62H,4-5,8-9,14-23,47H2,(H2,48,63)(H2,49,64)(H2,50,65)(H,54,67)(H,55,69)(H,56,72)(H,57,66)(H,58,70)(H,59,68)(H,60,71)(H4,51,52,53);1H3,(H,3,4)/t27-,28-,29-,30-,31-,32-,33+,34-;/m0./s1. The Balaban J connectivity index is 0.00000396. The van der Waals surface area contributed by atoms with E-state index in [2.05, 4.69) is 42.2 Å². The average molecular weight is 1140 g/mol. The first kappa shape index (κ1) is 65.1. The highest BCUT2D eigenvalue weighted by Gasteiger charge is 2.40. The molecule has 8 atom stereocenters. The Morgan fingerprint density at radius 2 is 1.27 bits per heavy atom. The lowest BCUT2D eigenvalue weighted by Crippen LogP contribution is -2.61. The van der Waals surface area contributed by atoms with Crippen LogP contribution in [0.2, 0.25) is 0 Å². The van der Waals surface area contributed by atoms with E-state index in [1.165, 1.54) is 29.2 Å². The maximum absolute atomic E-state index is 14.6. The minimum Gasteiger partial charge on any atom is -0.508 e. The molecule has 0 aromatic heterocycles. The second-order valence-electron chi connectivity index (χ2n) is 18.1. The van der Waals surface area contributed by atoms with Gasteiger partial charge in [-0.1, -0.05) is 64.1 Å². The van der Waals surface area contributed by atoms with Crippen LogP contribution in [0.4, 0.5) is 0 Å². The van der Waals surface area contributed by atoms with Crippen molar-refractivity contribution in [2.75, 3.05) is 31.1 Å². The van der Waals surface area contributed by atoms with Gasteiger partial charge in [0.1, 0.15) is 48.0 Å². The number of aromatic hydroxyl groups is 1. The fourth-order valence-corrected chi connectivity index (χ4v) is 10.1. The molecule has 2 saturated heterocycles. The normalized spacial score (nSPS) is 21.8. The van der Waals surface area contributed by atoms with E-state index in [0.29, 0.717) is 17.5 Å². The lowest BCUT2D eigenvalue weighted by Gasteiger charge is -2.31. The van der Waals surface area contributed by atoms with Gasteiger partial charge in [-0.2, -0.15) is 0 Å². The van der Waals surface area contributed by atoms with E-state index in [0.717, 1.165) is 28.5 Å². The summed E-state index contributed by atoms with van der Waals surface area (Å²) >= 11 is 0. The van der Waals surface area contributed by atoms with E-state index >= 15 is 0 Å². The summed E-state index contributed by atoms with van der Waals surface area (Å²) in [7, 11) is 1.99. The molecule has 4 rings (SSSR count). The number of aliphatic carboxylic acids is 1. The number of primary amides is 3. The molecule has 0 radical (unpaired) electrons. The van der Waals surface area contributed by atoms with Gasteiger partial charge in [-0.05, 0) is 55.4 Å². The van der Waals surface area contributed by atoms with Crippen LogP contribution in [0.1, 0.15) is 63.0 Å². The first-order valence-corrected chi connectivity index (χ1v) is 27.2. The van der Waals surface area contributed by atoms with Gasteiger partial charge in [0.15, 0.2) is 5.96 Å². The molecular weight excluding hydrogens is 1070 g/mol. The summed E-state index contributed by atoms with van der Waals surface area (Å²) in [5.74, 6) is -11.4. The van der Waals surface area contributed by atoms with Crippen LogP contribution in [0, 0.1) is 0 Å². The van der Waals surface area contributed by atoms with Crippen molar-refractivity contribution in [3.05, 3.63) is 65.7 Å². The third-order valence-electron chi connectivity index (χ3n) is 11.6. The van der Waals surface area contributed by atoms with Gasteiger partial charge in [-0.3, -0.25) is 62.5 Å². The Labute approximate surface area is 461 Å². The van der Waals surface area contributed by atoms with Gasteiger partial charge < -0.3 is 86.7 Å². The van der Waals surface area contributed by atoms with Gasteiger partial charge in [0.25, 0.3) is 5.97 Å². The van der Waals surface area contributed by atoms with E-state index in [1.54, 1.807) is 30.3 Å². The summed E-state index contributed by atoms with van der Waals surface area (Å²) in [6.07, 6.45) is -1.38. The summed E-state index contributed by atoms with van der Waals surface area (Å²) in [5.41, 5.74) is 34.4. The second kappa shape index (κ2) is 33.2. The van der Waals surface area contributed by atoms with Crippen molar-refractivity contribution in [2.24, 2.45) is 39.4 Å². The lowest BCUT2D eigenvalue weighted by molar-refractivity contribution is -0.142. The number of hydrogen-bond donors (Lipinski definition) is 15. The van der Waals surface area contributed by atoms with E-state index in [1.807, 2.05) is 0 Å². The van der Waals surface area contributed by atoms with Crippen LogP contribution in [0.15, 0.2) is 59.6 Å². The van der Waals surface area contributed by atoms with Gasteiger partial charge in [0.05, 0.1) is 19.0 Å². The largest absolute Gasteiger partial charge is 0.508 e. The smallest absolute Gasteiger partial charge is 0.300 e. The topological polar surface area (TPSA) is 501 Å². The highest BCUT2D eigenvalue weighted by Crippen LogP contribution is 2.26. The number of benzene rings is 2. The van der Waals surface area contributed by atoms with Crippen LogP contribution in [-0.2, 0) is 70.4 Å². The number of aliphatic imine (C=N–C) groups is 1. The number of nitrogens with one attached hydrogen (secondary N) is 7. The number of carboxylic acids is 1. The predicted molar refractivity (Wildman–Crippen MR) is 289 cm³/mol. The number of nitrogens with two attached hydrogens (primary N) is 6. The number of carboxylic acid groups (broad SMARTS) is 1. The zero-order valence-electron chi connectivity index (χ0n) is 43.2. The maximum atomic E-state index is 14.6. The van der Waals surface area contributed by atoms with Crippen LogP contribution >= 0.6 is 21.6 Å². The number of rotatable bonds is 19. The fourth-order valence-electron chi connectivity index (χ4n) is 7.80. The van der Waals surface area contributed by atoms with Crippen molar-refractivity contribution >= 4 is 98.5 Å². The molecule has 432 valence electrons. The van der Waals surface area contributed by atoms with Crippen LogP contribution in [0.5, 0.6) is 5.75 Å². The zero-order chi connectivity index (χ0) is 58.8. The molecule has 0 unspecified atom stereocenters. The zero-order valence-corrected chi connectivity index (χ0v) is 44.8. The molecule has 2 aromatic carbocycles. The molecule has 0 bridgehead atoms. The van der Waals surface area contributed by atoms with Crippen molar-refractivity contribution in [1.29, 1.82) is 0 Å². The van der Waals surface area contributed by atoms with Gasteiger partial charge in [0, 0.05) is 50.8 Å². The Morgan fingerprint density at radius 1 is 0.722 bits per heavy atom. The van der Waals surface area contributed by atoms with E-state index in [9.17, 15) is 57.8 Å². The molecule has 2 heterocycles. The van der Waals surface area contributed by atoms with E-state index < -0.39 is 145 Å². The van der Waals surface area contributed by atoms with Crippen LogP contribution in [0.25, 0.3) is 0 Å². The van der Waals surface area contributed by atoms with Crippen LogP contribution in [-0.4, -0.2) is 171 Å².